The average molecular weight is 665 g/mol. The van der Waals surface area contributed by atoms with Crippen LogP contribution in [0.2, 0.25) is 0 Å². The monoisotopic (exact) mass is 664 g/mol. The zero-order valence-corrected chi connectivity index (χ0v) is 29.2. The Morgan fingerprint density at radius 1 is 0.327 bits per heavy atom. The molecule has 1 aromatic heterocycles. The van der Waals surface area contributed by atoms with Crippen molar-refractivity contribution in [3.63, 3.8) is 0 Å². The molecule has 2 aliphatic carbocycles. The van der Waals surface area contributed by atoms with Crippen molar-refractivity contribution in [2.24, 2.45) is 0 Å². The van der Waals surface area contributed by atoms with E-state index in [0.717, 1.165) is 39.5 Å². The molecular formula is C50H36N2. The van der Waals surface area contributed by atoms with Crippen LogP contribution in [0.1, 0.15) is 47.2 Å². The molecule has 1 heterocycles. The number of hydrogen-bond donors (Lipinski definition) is 0. The predicted octanol–water partition coefficient (Wildman–Crippen LogP) is 12.1. The molecule has 2 aliphatic rings. The van der Waals surface area contributed by atoms with Crippen molar-refractivity contribution < 1.29 is 0 Å². The zero-order valence-electron chi connectivity index (χ0n) is 29.2. The molecule has 52 heavy (non-hydrogen) atoms. The first-order valence-electron chi connectivity index (χ1n) is 18.1. The molecular weight excluding hydrogens is 629 g/mol. The Morgan fingerprint density at radius 3 is 1.48 bits per heavy atom. The minimum atomic E-state index is -0.391. The summed E-state index contributed by atoms with van der Waals surface area (Å²) in [6, 6.07) is 65.9. The number of benzene rings is 7. The van der Waals surface area contributed by atoms with Crippen LogP contribution >= 0.6 is 0 Å². The van der Waals surface area contributed by atoms with E-state index in [2.05, 4.69) is 172 Å². The van der Waals surface area contributed by atoms with Crippen LogP contribution in [0.15, 0.2) is 182 Å². The molecule has 0 N–H and O–H groups in total. The smallest absolute Gasteiger partial charge is 0.160 e. The largest absolute Gasteiger partial charge is 0.228 e. The summed E-state index contributed by atoms with van der Waals surface area (Å²) in [7, 11) is 0. The number of hydrogen-bond acceptors (Lipinski definition) is 2. The van der Waals surface area contributed by atoms with Gasteiger partial charge in [0.05, 0.1) is 16.8 Å². The fourth-order valence-electron chi connectivity index (χ4n) is 8.97. The lowest BCUT2D eigenvalue weighted by Crippen LogP contribution is -2.40. The molecule has 0 atom stereocenters. The Labute approximate surface area is 305 Å². The van der Waals surface area contributed by atoms with E-state index < -0.39 is 5.41 Å². The summed E-state index contributed by atoms with van der Waals surface area (Å²) in [6.07, 6.45) is 0. The van der Waals surface area contributed by atoms with Gasteiger partial charge in [0.25, 0.3) is 0 Å². The Kier molecular flexibility index (Phi) is 6.78. The van der Waals surface area contributed by atoms with Crippen LogP contribution in [0, 0.1) is 0 Å². The van der Waals surface area contributed by atoms with Crippen molar-refractivity contribution in [1.82, 2.24) is 9.97 Å². The lowest BCUT2D eigenvalue weighted by molar-refractivity contribution is 0.563. The molecule has 2 heteroatoms. The Hall–Kier alpha value is -6.38. The molecule has 8 aromatic rings. The highest BCUT2D eigenvalue weighted by atomic mass is 14.9. The van der Waals surface area contributed by atoms with E-state index in [-0.39, 0.29) is 5.41 Å². The molecule has 246 valence electrons. The fraction of sp³-hybridized carbons (Fsp3) is 0.0800. The van der Waals surface area contributed by atoms with Gasteiger partial charge >= 0.3 is 0 Å². The average Bonchev–Trinajstić information content (AvgIpc) is 3.51. The maximum atomic E-state index is 5.12. The molecule has 0 aliphatic heterocycles. The quantitative estimate of drug-likeness (QED) is 0.187. The summed E-state index contributed by atoms with van der Waals surface area (Å²) in [6.45, 7) is 4.75. The fourth-order valence-corrected chi connectivity index (χ4v) is 8.97. The van der Waals surface area contributed by atoms with Gasteiger partial charge in [-0.3, -0.25) is 0 Å². The van der Waals surface area contributed by atoms with Crippen molar-refractivity contribution in [3.8, 4) is 56.2 Å². The van der Waals surface area contributed by atoms with Gasteiger partial charge in [0.1, 0.15) is 0 Å². The molecule has 0 radical (unpaired) electrons. The first kappa shape index (κ1) is 30.4. The molecule has 1 spiro atoms. The maximum absolute atomic E-state index is 5.12. The van der Waals surface area contributed by atoms with Gasteiger partial charge in [0, 0.05) is 22.1 Å². The molecule has 0 unspecified atom stereocenters. The third-order valence-electron chi connectivity index (χ3n) is 11.4. The molecule has 0 saturated carbocycles. The van der Waals surface area contributed by atoms with Gasteiger partial charge in [-0.25, -0.2) is 9.97 Å². The van der Waals surface area contributed by atoms with Gasteiger partial charge < -0.3 is 0 Å². The first-order chi connectivity index (χ1) is 25.5. The molecule has 7 aromatic carbocycles. The lowest BCUT2D eigenvalue weighted by atomic mass is 9.55. The van der Waals surface area contributed by atoms with Crippen molar-refractivity contribution in [2.45, 2.75) is 24.7 Å². The Bertz CT molecular complexity index is 2550. The second-order valence-corrected chi connectivity index (χ2v) is 14.5. The van der Waals surface area contributed by atoms with E-state index in [1.807, 2.05) is 24.3 Å². The SMILES string of the molecule is CC1(C)c2ccccc2C2(c3ccccc3-c3cc(-c4cccc(-c5cc(-c6ccccc6)nc(-c6ccccc6)n5)c4)ccc32)c2ccccc21. The van der Waals surface area contributed by atoms with Crippen molar-refractivity contribution >= 4 is 0 Å². The van der Waals surface area contributed by atoms with E-state index in [1.165, 1.54) is 50.1 Å². The molecule has 0 bridgehead atoms. The topological polar surface area (TPSA) is 25.8 Å². The van der Waals surface area contributed by atoms with Crippen LogP contribution in [-0.4, -0.2) is 9.97 Å². The normalized spacial score (nSPS) is 14.3. The highest BCUT2D eigenvalue weighted by molar-refractivity contribution is 5.91. The van der Waals surface area contributed by atoms with Gasteiger partial charge in [0.2, 0.25) is 0 Å². The second-order valence-electron chi connectivity index (χ2n) is 14.5. The third-order valence-corrected chi connectivity index (χ3v) is 11.4. The van der Waals surface area contributed by atoms with Crippen molar-refractivity contribution in [1.29, 1.82) is 0 Å². The van der Waals surface area contributed by atoms with Crippen molar-refractivity contribution in [2.75, 3.05) is 0 Å². The van der Waals surface area contributed by atoms with E-state index >= 15 is 0 Å². The van der Waals surface area contributed by atoms with Crippen LogP contribution in [0.5, 0.6) is 0 Å². The second kappa shape index (κ2) is 11.6. The van der Waals surface area contributed by atoms with Gasteiger partial charge in [-0.05, 0) is 73.8 Å². The molecule has 10 rings (SSSR count). The summed E-state index contributed by atoms with van der Waals surface area (Å²) in [5.41, 5.74) is 17.6. The van der Waals surface area contributed by atoms with Gasteiger partial charge in [-0.1, -0.05) is 178 Å². The first-order valence-corrected chi connectivity index (χ1v) is 18.1. The molecule has 2 nitrogen and oxygen atoms in total. The number of nitrogens with zero attached hydrogens (tertiary/aromatic N) is 2. The van der Waals surface area contributed by atoms with Crippen LogP contribution in [0.3, 0.4) is 0 Å². The van der Waals surface area contributed by atoms with E-state index in [9.17, 15) is 0 Å². The number of aromatic nitrogens is 2. The van der Waals surface area contributed by atoms with Crippen LogP contribution in [0.4, 0.5) is 0 Å². The highest BCUT2D eigenvalue weighted by Crippen LogP contribution is 2.62. The van der Waals surface area contributed by atoms with Crippen LogP contribution in [0.25, 0.3) is 56.2 Å². The summed E-state index contributed by atoms with van der Waals surface area (Å²) >= 11 is 0. The Morgan fingerprint density at radius 2 is 0.808 bits per heavy atom. The number of fused-ring (bicyclic) bond motifs is 9. The third kappa shape index (κ3) is 4.44. The summed E-state index contributed by atoms with van der Waals surface area (Å²) in [5, 5.41) is 0. The maximum Gasteiger partial charge on any atom is 0.160 e. The van der Waals surface area contributed by atoms with Gasteiger partial charge in [-0.15, -0.1) is 0 Å². The summed E-state index contributed by atoms with van der Waals surface area (Å²) in [4.78, 5) is 10.1. The van der Waals surface area contributed by atoms with Crippen LogP contribution < -0.4 is 0 Å². The minimum absolute atomic E-state index is 0.113. The van der Waals surface area contributed by atoms with Crippen LogP contribution in [-0.2, 0) is 10.8 Å². The van der Waals surface area contributed by atoms with Gasteiger partial charge in [0.15, 0.2) is 5.82 Å². The lowest BCUT2D eigenvalue weighted by Gasteiger charge is -2.46. The summed E-state index contributed by atoms with van der Waals surface area (Å²) < 4.78 is 0. The van der Waals surface area contributed by atoms with E-state index in [4.69, 9.17) is 9.97 Å². The molecule has 0 amide bonds. The minimum Gasteiger partial charge on any atom is -0.228 e. The number of rotatable bonds is 4. The van der Waals surface area contributed by atoms with Gasteiger partial charge in [-0.2, -0.15) is 0 Å². The van der Waals surface area contributed by atoms with E-state index in [1.54, 1.807) is 0 Å². The zero-order chi connectivity index (χ0) is 34.9. The highest BCUT2D eigenvalue weighted by Gasteiger charge is 2.53. The van der Waals surface area contributed by atoms with E-state index in [0.29, 0.717) is 0 Å². The Balaban J connectivity index is 1.15. The predicted molar refractivity (Wildman–Crippen MR) is 213 cm³/mol. The summed E-state index contributed by atoms with van der Waals surface area (Å²) in [5.74, 6) is 0.720. The molecule has 0 fully saturated rings. The van der Waals surface area contributed by atoms with Crippen molar-refractivity contribution in [3.05, 3.63) is 215 Å². The molecule has 0 saturated heterocycles. The standard InChI is InChI=1S/C50H36N2/c1-49(2)42-24-11-13-26-44(42)50(45-27-14-12-25-43(45)49)40-23-10-9-22-38(40)39-31-36(28-29-41(39)50)35-20-15-21-37(30-35)47-32-46(33-16-5-3-6-17-33)51-48(52-47)34-18-7-4-8-19-34/h3-32H,1-2H3.